The lowest BCUT2D eigenvalue weighted by molar-refractivity contribution is 0.0980. The van der Waals surface area contributed by atoms with Crippen LogP contribution in [-0.2, 0) is 0 Å². The van der Waals surface area contributed by atoms with Gasteiger partial charge >= 0.3 is 0 Å². The van der Waals surface area contributed by atoms with Crippen LogP contribution in [0, 0.1) is 0 Å². The third-order valence-electron chi connectivity index (χ3n) is 12.7. The average Bonchev–Trinajstić information content (AvgIpc) is 3.43. The van der Waals surface area contributed by atoms with E-state index in [9.17, 15) is 14.4 Å². The first-order valence-corrected chi connectivity index (χ1v) is 23.6. The molecule has 3 heterocycles. The summed E-state index contributed by atoms with van der Waals surface area (Å²) in [4.78, 5) is 59.7. The van der Waals surface area contributed by atoms with E-state index in [-0.39, 0.29) is 23.6 Å². The molecule has 0 N–H and O–H groups in total. The summed E-state index contributed by atoms with van der Waals surface area (Å²) in [7, 11) is 0. The van der Waals surface area contributed by atoms with Gasteiger partial charge in [0, 0.05) is 96.5 Å². The number of amides is 3. The van der Waals surface area contributed by atoms with Gasteiger partial charge in [0.1, 0.15) is 0 Å². The van der Waals surface area contributed by atoms with Crippen molar-refractivity contribution < 1.29 is 14.4 Å². The molecule has 0 saturated carbocycles. The predicted molar refractivity (Wildman–Crippen MR) is 281 cm³/mol. The fourth-order valence-corrected chi connectivity index (χ4v) is 8.96. The second-order valence-corrected chi connectivity index (χ2v) is 16.8. The van der Waals surface area contributed by atoms with Gasteiger partial charge in [-0.15, -0.1) is 0 Å². The van der Waals surface area contributed by atoms with Crippen LogP contribution >= 0.6 is 0 Å². The van der Waals surface area contributed by atoms with Gasteiger partial charge in [-0.05, 0) is 180 Å². The van der Waals surface area contributed by atoms with Gasteiger partial charge in [-0.3, -0.25) is 29.3 Å². The van der Waals surface area contributed by atoms with Crippen LogP contribution in [0.5, 0.6) is 0 Å². The molecule has 3 aromatic heterocycles. The Labute approximate surface area is 409 Å². The molecule has 9 rings (SSSR count). The van der Waals surface area contributed by atoms with Gasteiger partial charge in [0.15, 0.2) is 0 Å². The zero-order chi connectivity index (χ0) is 48.4. The Morgan fingerprint density at radius 2 is 0.529 bits per heavy atom. The quantitative estimate of drug-likeness (QED) is 0.0950. The summed E-state index contributed by atoms with van der Waals surface area (Å²) in [6.45, 7) is 7.40. The fraction of sp³-hybridized carbons (Fsp3) is 0.115. The van der Waals surface area contributed by atoms with Crippen molar-refractivity contribution in [3.63, 3.8) is 0 Å². The molecular formula is C61H52N6O3. The molecular weight excluding hydrogens is 865 g/mol. The number of hydrogen-bond acceptors (Lipinski definition) is 6. The molecule has 0 radical (unpaired) electrons. The highest BCUT2D eigenvalue weighted by Gasteiger charge is 2.23. The van der Waals surface area contributed by atoms with Crippen LogP contribution in [0.25, 0.3) is 33.4 Å². The maximum Gasteiger partial charge on any atom is 0.258 e. The summed E-state index contributed by atoms with van der Waals surface area (Å²) in [6, 6.07) is 59.3. The molecule has 0 aliphatic rings. The number of carbonyl (C=O) groups excluding carboxylic acids is 3. The van der Waals surface area contributed by atoms with Crippen molar-refractivity contribution in [1.29, 1.82) is 0 Å². The van der Waals surface area contributed by atoms with Crippen LogP contribution in [0.3, 0.4) is 0 Å². The van der Waals surface area contributed by atoms with Crippen molar-refractivity contribution in [3.05, 3.63) is 253 Å². The van der Waals surface area contributed by atoms with Gasteiger partial charge in [-0.2, -0.15) is 0 Å². The number of rotatable bonds is 15. The molecule has 3 amide bonds. The maximum atomic E-state index is 14.0. The first-order chi connectivity index (χ1) is 34.3. The third kappa shape index (κ3) is 10.1. The molecule has 0 atom stereocenters. The number of carbonyl (C=O) groups is 3. The first-order valence-electron chi connectivity index (χ1n) is 23.6. The topological polar surface area (TPSA) is 99.6 Å². The third-order valence-corrected chi connectivity index (χ3v) is 12.7. The zero-order valence-corrected chi connectivity index (χ0v) is 39.4. The van der Waals surface area contributed by atoms with Gasteiger partial charge in [0.2, 0.25) is 0 Å². The first kappa shape index (κ1) is 46.3. The molecule has 0 unspecified atom stereocenters. The van der Waals surface area contributed by atoms with Crippen molar-refractivity contribution in [2.24, 2.45) is 0 Å². The van der Waals surface area contributed by atoms with Gasteiger partial charge in [0.25, 0.3) is 17.7 Å². The molecule has 0 bridgehead atoms. The molecule has 0 fully saturated rings. The number of hydrogen-bond donors (Lipinski definition) is 0. The monoisotopic (exact) mass is 916 g/mol. The minimum atomic E-state index is -0.221. The van der Waals surface area contributed by atoms with Crippen molar-refractivity contribution in [1.82, 2.24) is 15.0 Å². The minimum absolute atomic E-state index is 0.0846. The van der Waals surface area contributed by atoms with Gasteiger partial charge < -0.3 is 14.7 Å². The Hall–Kier alpha value is -8.82. The van der Waals surface area contributed by atoms with Crippen LogP contribution in [-0.4, -0.2) is 52.3 Å². The molecule has 9 heteroatoms. The molecule has 9 aromatic rings. The van der Waals surface area contributed by atoms with Crippen molar-refractivity contribution >= 4 is 34.8 Å². The van der Waals surface area contributed by atoms with Crippen molar-refractivity contribution in [2.45, 2.75) is 26.7 Å². The molecule has 0 spiro atoms. The van der Waals surface area contributed by atoms with Gasteiger partial charge in [-0.25, -0.2) is 0 Å². The Balaban J connectivity index is 0.998. The average molecular weight is 917 g/mol. The molecule has 6 aromatic carbocycles. The van der Waals surface area contributed by atoms with Crippen molar-refractivity contribution in [3.8, 4) is 33.4 Å². The van der Waals surface area contributed by atoms with E-state index in [2.05, 4.69) is 51.4 Å². The Morgan fingerprint density at radius 3 is 0.743 bits per heavy atom. The highest BCUT2D eigenvalue weighted by molar-refractivity contribution is 6.08. The fourth-order valence-electron chi connectivity index (χ4n) is 8.96. The molecule has 344 valence electrons. The van der Waals surface area contributed by atoms with E-state index in [4.69, 9.17) is 0 Å². The Bertz CT molecular complexity index is 2820. The summed E-state index contributed by atoms with van der Waals surface area (Å²) in [5, 5.41) is 0. The van der Waals surface area contributed by atoms with E-state index in [1.807, 2.05) is 166 Å². The number of pyridine rings is 3. The largest absolute Gasteiger partial charge is 0.309 e. The summed E-state index contributed by atoms with van der Waals surface area (Å²) in [5.74, 6) is -0.474. The molecule has 70 heavy (non-hydrogen) atoms. The van der Waals surface area contributed by atoms with Crippen LogP contribution in [0.2, 0.25) is 0 Å². The minimum Gasteiger partial charge on any atom is -0.309 e. The van der Waals surface area contributed by atoms with E-state index in [1.54, 1.807) is 51.9 Å². The summed E-state index contributed by atoms with van der Waals surface area (Å²) in [6.07, 6.45) is 10.6. The lowest BCUT2D eigenvalue weighted by atomic mass is 9.84. The van der Waals surface area contributed by atoms with Gasteiger partial charge in [0.05, 0.1) is 0 Å². The highest BCUT2D eigenvalue weighted by Crippen LogP contribution is 2.36. The Morgan fingerprint density at radius 1 is 0.314 bits per heavy atom. The maximum absolute atomic E-state index is 14.0. The zero-order valence-electron chi connectivity index (χ0n) is 39.4. The van der Waals surface area contributed by atoms with Crippen LogP contribution in [0.4, 0.5) is 17.1 Å². The van der Waals surface area contributed by atoms with Gasteiger partial charge in [-0.1, -0.05) is 72.8 Å². The van der Waals surface area contributed by atoms with E-state index >= 15 is 0 Å². The summed E-state index contributed by atoms with van der Waals surface area (Å²) in [5.41, 5.74) is 13.4. The number of benzene rings is 6. The number of nitrogens with zero attached hydrogens (tertiary/aromatic N) is 6. The number of aromatic nitrogens is 3. The standard InChI is InChI=1S/C61H52N6O3/c1-4-65(59(68)52-13-7-43(8-14-52)46-31-37-62-38-32-46)55-25-19-49(20-26-55)58(50-21-27-56(28-22-50)66(5-2)60(69)53-15-9-44(10-16-53)47-33-39-63-40-34-47)51-23-29-57(30-24-51)67(6-3)61(70)54-17-11-45(12-18-54)48-35-41-64-42-36-48/h7-42,58H,4-6H2,1-3H3. The Kier molecular flexibility index (Phi) is 14.2. The van der Waals surface area contributed by atoms with Crippen molar-refractivity contribution in [2.75, 3.05) is 34.3 Å². The van der Waals surface area contributed by atoms with E-state index in [0.29, 0.717) is 36.3 Å². The van der Waals surface area contributed by atoms with Crippen LogP contribution in [0.15, 0.2) is 219 Å². The SMILES string of the molecule is CCN(C(=O)c1ccc(-c2ccncc2)cc1)c1ccc(C(c2ccc(N(CC)C(=O)c3ccc(-c4ccncc4)cc3)cc2)c2ccc(N(CC)C(=O)c3ccc(-c4ccncc4)cc3)cc2)cc1. The summed E-state index contributed by atoms with van der Waals surface area (Å²) >= 11 is 0. The number of anilines is 3. The van der Waals surface area contributed by atoms with Crippen LogP contribution < -0.4 is 14.7 Å². The predicted octanol–water partition coefficient (Wildman–Crippen LogP) is 13.1. The van der Waals surface area contributed by atoms with E-state index < -0.39 is 0 Å². The lowest BCUT2D eigenvalue weighted by Gasteiger charge is -2.26. The second kappa shape index (κ2) is 21.4. The van der Waals surface area contributed by atoms with E-state index in [1.165, 1.54) is 0 Å². The molecule has 0 saturated heterocycles. The molecule has 0 aliphatic carbocycles. The molecule has 0 aliphatic heterocycles. The molecule has 9 nitrogen and oxygen atoms in total. The van der Waals surface area contributed by atoms with Crippen LogP contribution in [0.1, 0.15) is 74.5 Å². The lowest BCUT2D eigenvalue weighted by Crippen LogP contribution is -2.30. The second-order valence-electron chi connectivity index (χ2n) is 16.8. The van der Waals surface area contributed by atoms with E-state index in [0.717, 1.165) is 67.1 Å². The normalized spacial score (nSPS) is 11.0. The smallest absolute Gasteiger partial charge is 0.258 e. The summed E-state index contributed by atoms with van der Waals surface area (Å²) < 4.78 is 0. The highest BCUT2D eigenvalue weighted by atomic mass is 16.2.